The van der Waals surface area contributed by atoms with Gasteiger partial charge in [0.1, 0.15) is 11.5 Å². The standard InChI is InChI=1S/C27H32N2O7/c1-17-5-7-20(30)19(15-17)25(31)23-24(18-6-8-21(34-2)22(16-18)35-3)29(27(33)26(23)32)10-4-9-28-11-13-36-14-12-28/h5-8,15-16,24,30-31H,4,9-14H2,1-3H3/t24-/m0/s1. The van der Waals surface area contributed by atoms with Gasteiger partial charge >= 0.3 is 0 Å². The normalized spacial score (nSPS) is 20.1. The molecule has 36 heavy (non-hydrogen) atoms. The molecule has 2 heterocycles. The number of morpholine rings is 1. The molecule has 2 aromatic carbocycles. The number of likely N-dealkylation sites (tertiary alicyclic amines) is 1. The third kappa shape index (κ3) is 5.03. The summed E-state index contributed by atoms with van der Waals surface area (Å²) in [5, 5.41) is 21.7. The van der Waals surface area contributed by atoms with Crippen LogP contribution in [0.15, 0.2) is 42.0 Å². The van der Waals surface area contributed by atoms with E-state index in [1.165, 1.54) is 25.2 Å². The maximum atomic E-state index is 13.3. The van der Waals surface area contributed by atoms with Gasteiger partial charge in [0.15, 0.2) is 11.5 Å². The van der Waals surface area contributed by atoms with Crippen LogP contribution in [0.1, 0.15) is 29.2 Å². The number of aliphatic hydroxyl groups is 1. The van der Waals surface area contributed by atoms with Crippen molar-refractivity contribution in [3.05, 3.63) is 58.7 Å². The molecule has 9 heteroatoms. The summed E-state index contributed by atoms with van der Waals surface area (Å²) in [6.45, 7) is 5.88. The van der Waals surface area contributed by atoms with Crippen LogP contribution in [0.5, 0.6) is 17.2 Å². The molecule has 0 saturated carbocycles. The van der Waals surface area contributed by atoms with Gasteiger partial charge < -0.3 is 29.3 Å². The highest BCUT2D eigenvalue weighted by molar-refractivity contribution is 6.46. The van der Waals surface area contributed by atoms with Gasteiger partial charge in [0, 0.05) is 26.2 Å². The molecular formula is C27H32N2O7. The van der Waals surface area contributed by atoms with E-state index in [0.717, 1.165) is 25.2 Å². The lowest BCUT2D eigenvalue weighted by Gasteiger charge is -2.29. The molecule has 0 aliphatic carbocycles. The van der Waals surface area contributed by atoms with E-state index in [-0.39, 0.29) is 16.9 Å². The van der Waals surface area contributed by atoms with Crippen molar-refractivity contribution in [3.8, 4) is 17.2 Å². The van der Waals surface area contributed by atoms with Gasteiger partial charge in [-0.3, -0.25) is 14.5 Å². The second kappa shape index (κ2) is 11.0. The zero-order valence-electron chi connectivity index (χ0n) is 20.8. The first-order valence-electron chi connectivity index (χ1n) is 12.0. The number of phenolic OH excluding ortho intramolecular Hbond substituents is 1. The van der Waals surface area contributed by atoms with Crippen LogP contribution < -0.4 is 9.47 Å². The van der Waals surface area contributed by atoms with Crippen LogP contribution in [-0.4, -0.2) is 85.3 Å². The fourth-order valence-electron chi connectivity index (χ4n) is 4.75. The molecule has 0 spiro atoms. The number of aryl methyl sites for hydroxylation is 1. The molecule has 2 aliphatic heterocycles. The van der Waals surface area contributed by atoms with Crippen LogP contribution in [0.3, 0.4) is 0 Å². The lowest BCUT2D eigenvalue weighted by Crippen LogP contribution is -2.39. The Morgan fingerprint density at radius 1 is 1.03 bits per heavy atom. The minimum atomic E-state index is -0.852. The van der Waals surface area contributed by atoms with Gasteiger partial charge in [-0.25, -0.2) is 0 Å². The summed E-state index contributed by atoms with van der Waals surface area (Å²) in [5.41, 5.74) is 1.41. The highest BCUT2D eigenvalue weighted by Gasteiger charge is 2.46. The summed E-state index contributed by atoms with van der Waals surface area (Å²) in [6.07, 6.45) is 0.645. The molecule has 192 valence electrons. The highest BCUT2D eigenvalue weighted by Crippen LogP contribution is 2.43. The largest absolute Gasteiger partial charge is 0.507 e. The van der Waals surface area contributed by atoms with Crippen molar-refractivity contribution in [2.75, 3.05) is 53.6 Å². The number of ether oxygens (including phenoxy) is 3. The summed E-state index contributed by atoms with van der Waals surface area (Å²) < 4.78 is 16.2. The molecule has 4 rings (SSSR count). The number of aliphatic hydroxyl groups excluding tert-OH is 1. The number of carbonyl (C=O) groups is 2. The molecule has 2 aromatic rings. The van der Waals surface area contributed by atoms with Gasteiger partial charge in [-0.1, -0.05) is 17.7 Å². The molecule has 1 amide bonds. The van der Waals surface area contributed by atoms with E-state index in [4.69, 9.17) is 14.2 Å². The Labute approximate surface area is 210 Å². The Bertz CT molecular complexity index is 1170. The minimum absolute atomic E-state index is 0.0699. The van der Waals surface area contributed by atoms with Gasteiger partial charge in [0.05, 0.1) is 44.6 Å². The van der Waals surface area contributed by atoms with Crippen LogP contribution in [-0.2, 0) is 14.3 Å². The van der Waals surface area contributed by atoms with Gasteiger partial charge in [-0.15, -0.1) is 0 Å². The van der Waals surface area contributed by atoms with Crippen molar-refractivity contribution in [1.82, 2.24) is 9.80 Å². The number of Topliss-reactive ketones (excluding diaryl/α,β-unsaturated/α-hetero) is 1. The number of aromatic hydroxyl groups is 1. The fraction of sp³-hybridized carbons (Fsp3) is 0.407. The van der Waals surface area contributed by atoms with Crippen LogP contribution in [0.2, 0.25) is 0 Å². The molecule has 0 unspecified atom stereocenters. The average molecular weight is 497 g/mol. The first kappa shape index (κ1) is 25.5. The number of ketones is 1. The number of hydrogen-bond acceptors (Lipinski definition) is 8. The second-order valence-corrected chi connectivity index (χ2v) is 8.94. The maximum Gasteiger partial charge on any atom is 0.295 e. The number of amides is 1. The summed E-state index contributed by atoms with van der Waals surface area (Å²) >= 11 is 0. The van der Waals surface area contributed by atoms with E-state index >= 15 is 0 Å². The molecule has 2 N–H and O–H groups in total. The predicted molar refractivity (Wildman–Crippen MR) is 133 cm³/mol. The van der Waals surface area contributed by atoms with Crippen molar-refractivity contribution < 1.29 is 34.0 Å². The van der Waals surface area contributed by atoms with E-state index in [1.807, 2.05) is 6.92 Å². The first-order valence-corrected chi connectivity index (χ1v) is 12.0. The van der Waals surface area contributed by atoms with E-state index < -0.39 is 23.5 Å². The molecule has 0 bridgehead atoms. The number of carbonyl (C=O) groups excluding carboxylic acids is 2. The maximum absolute atomic E-state index is 13.3. The number of nitrogens with zero attached hydrogens (tertiary/aromatic N) is 2. The molecule has 0 aromatic heterocycles. The molecule has 0 radical (unpaired) electrons. The Hall–Kier alpha value is -3.56. The zero-order valence-corrected chi connectivity index (χ0v) is 20.8. The highest BCUT2D eigenvalue weighted by atomic mass is 16.5. The summed E-state index contributed by atoms with van der Waals surface area (Å²) in [5.74, 6) is -1.13. The molecule has 2 aliphatic rings. The van der Waals surface area contributed by atoms with Gasteiger partial charge in [0.2, 0.25) is 0 Å². The molecule has 1 atom stereocenters. The van der Waals surface area contributed by atoms with Crippen molar-refractivity contribution >= 4 is 17.4 Å². The fourth-order valence-corrected chi connectivity index (χ4v) is 4.75. The van der Waals surface area contributed by atoms with E-state index in [9.17, 15) is 19.8 Å². The minimum Gasteiger partial charge on any atom is -0.507 e. The zero-order chi connectivity index (χ0) is 25.8. The van der Waals surface area contributed by atoms with Crippen molar-refractivity contribution in [1.29, 1.82) is 0 Å². The Kier molecular flexibility index (Phi) is 7.81. The van der Waals surface area contributed by atoms with E-state index in [2.05, 4.69) is 4.90 Å². The molecular weight excluding hydrogens is 464 g/mol. The van der Waals surface area contributed by atoms with Crippen molar-refractivity contribution in [2.24, 2.45) is 0 Å². The number of methoxy groups -OCH3 is 2. The number of phenols is 1. The van der Waals surface area contributed by atoms with Crippen molar-refractivity contribution in [2.45, 2.75) is 19.4 Å². The summed E-state index contributed by atoms with van der Waals surface area (Å²) in [6, 6.07) is 9.03. The predicted octanol–water partition coefficient (Wildman–Crippen LogP) is 2.86. The molecule has 2 saturated heterocycles. The Balaban J connectivity index is 1.75. The summed E-state index contributed by atoms with van der Waals surface area (Å²) in [4.78, 5) is 30.3. The number of benzene rings is 2. The van der Waals surface area contributed by atoms with Gasteiger partial charge in [-0.05, 0) is 43.2 Å². The third-order valence-electron chi connectivity index (χ3n) is 6.65. The SMILES string of the molecule is COc1ccc([C@H]2C(=C(O)c3cc(C)ccc3O)C(=O)C(=O)N2CCCN2CCOCC2)cc1OC. The monoisotopic (exact) mass is 496 g/mol. The lowest BCUT2D eigenvalue weighted by atomic mass is 9.94. The van der Waals surface area contributed by atoms with Gasteiger partial charge in [0.25, 0.3) is 11.7 Å². The Morgan fingerprint density at radius 3 is 2.44 bits per heavy atom. The smallest absolute Gasteiger partial charge is 0.295 e. The second-order valence-electron chi connectivity index (χ2n) is 8.94. The van der Waals surface area contributed by atoms with Crippen LogP contribution in [0.4, 0.5) is 0 Å². The topological polar surface area (TPSA) is 109 Å². The van der Waals surface area contributed by atoms with Crippen molar-refractivity contribution in [3.63, 3.8) is 0 Å². The lowest BCUT2D eigenvalue weighted by molar-refractivity contribution is -0.140. The Morgan fingerprint density at radius 2 is 1.75 bits per heavy atom. The molecule has 9 nitrogen and oxygen atoms in total. The van der Waals surface area contributed by atoms with E-state index in [0.29, 0.717) is 43.2 Å². The van der Waals surface area contributed by atoms with Crippen LogP contribution in [0.25, 0.3) is 5.76 Å². The third-order valence-corrected chi connectivity index (χ3v) is 6.65. The van der Waals surface area contributed by atoms with Gasteiger partial charge in [-0.2, -0.15) is 0 Å². The van der Waals surface area contributed by atoms with Crippen LogP contribution >= 0.6 is 0 Å². The summed E-state index contributed by atoms with van der Waals surface area (Å²) in [7, 11) is 3.03. The number of rotatable bonds is 8. The van der Waals surface area contributed by atoms with E-state index in [1.54, 1.807) is 30.3 Å². The average Bonchev–Trinajstić information content (AvgIpc) is 3.15. The molecule has 2 fully saturated rings. The quantitative estimate of drug-likeness (QED) is 0.326. The number of hydrogen-bond donors (Lipinski definition) is 2. The van der Waals surface area contributed by atoms with Crippen LogP contribution in [0, 0.1) is 6.92 Å². The first-order chi connectivity index (χ1) is 17.3.